The van der Waals surface area contributed by atoms with Crippen molar-refractivity contribution in [2.75, 3.05) is 0 Å². The quantitative estimate of drug-likeness (QED) is 0.536. The van der Waals surface area contributed by atoms with Gasteiger partial charge in [-0.05, 0) is 46.0 Å². The van der Waals surface area contributed by atoms with Crippen LogP contribution in [-0.4, -0.2) is 4.98 Å². The predicted octanol–water partition coefficient (Wildman–Crippen LogP) is 5.34. The zero-order valence-corrected chi connectivity index (χ0v) is 14.7. The van der Waals surface area contributed by atoms with Crippen LogP contribution < -0.4 is 5.56 Å². The summed E-state index contributed by atoms with van der Waals surface area (Å²) >= 11 is 0. The van der Waals surface area contributed by atoms with E-state index in [0.29, 0.717) is 11.5 Å². The lowest BCUT2D eigenvalue weighted by atomic mass is 9.92. The number of hydrogen-bond donors (Lipinski definition) is 1. The molecule has 1 heterocycles. The van der Waals surface area contributed by atoms with Gasteiger partial charge in [-0.15, -0.1) is 0 Å². The SMILES string of the molecule is CC(C)c1ccc2[nH]c(=O)c(C#N)c(-c3ccc4ccccc4c3)c2c1. The first-order valence-corrected chi connectivity index (χ1v) is 8.67. The Balaban J connectivity index is 2.12. The van der Waals surface area contributed by atoms with E-state index in [-0.39, 0.29) is 11.1 Å². The van der Waals surface area contributed by atoms with Crippen molar-refractivity contribution in [3.05, 3.63) is 82.1 Å². The average Bonchev–Trinajstić information content (AvgIpc) is 2.66. The third kappa shape index (κ3) is 2.57. The summed E-state index contributed by atoms with van der Waals surface area (Å²) in [7, 11) is 0. The molecule has 0 saturated carbocycles. The lowest BCUT2D eigenvalue weighted by molar-refractivity contribution is 0.868. The van der Waals surface area contributed by atoms with Gasteiger partial charge in [0.15, 0.2) is 0 Å². The van der Waals surface area contributed by atoms with Crippen LogP contribution in [0.4, 0.5) is 0 Å². The van der Waals surface area contributed by atoms with Crippen molar-refractivity contribution >= 4 is 21.7 Å². The summed E-state index contributed by atoms with van der Waals surface area (Å²) in [4.78, 5) is 15.3. The Hall–Kier alpha value is -3.38. The number of hydrogen-bond acceptors (Lipinski definition) is 2. The number of H-pyrrole nitrogens is 1. The number of fused-ring (bicyclic) bond motifs is 2. The second-order valence-electron chi connectivity index (χ2n) is 6.84. The van der Waals surface area contributed by atoms with Gasteiger partial charge in [0.25, 0.3) is 5.56 Å². The molecule has 4 rings (SSSR count). The Morgan fingerprint density at radius 2 is 1.73 bits per heavy atom. The molecule has 0 radical (unpaired) electrons. The Morgan fingerprint density at radius 3 is 2.46 bits per heavy atom. The monoisotopic (exact) mass is 338 g/mol. The molecule has 4 aromatic rings. The molecule has 3 aromatic carbocycles. The summed E-state index contributed by atoms with van der Waals surface area (Å²) in [5.41, 5.74) is 3.34. The molecule has 0 amide bonds. The molecule has 0 aliphatic carbocycles. The largest absolute Gasteiger partial charge is 0.321 e. The summed E-state index contributed by atoms with van der Waals surface area (Å²) in [6, 6.07) is 22.3. The van der Waals surface area contributed by atoms with E-state index in [2.05, 4.69) is 37.0 Å². The van der Waals surface area contributed by atoms with Crippen molar-refractivity contribution in [2.45, 2.75) is 19.8 Å². The molecule has 26 heavy (non-hydrogen) atoms. The van der Waals surface area contributed by atoms with Crippen LogP contribution in [0.5, 0.6) is 0 Å². The fourth-order valence-electron chi connectivity index (χ4n) is 3.42. The fraction of sp³-hybridized carbons (Fsp3) is 0.130. The highest BCUT2D eigenvalue weighted by Gasteiger charge is 2.15. The minimum atomic E-state index is -0.347. The van der Waals surface area contributed by atoms with E-state index < -0.39 is 0 Å². The van der Waals surface area contributed by atoms with E-state index in [4.69, 9.17) is 0 Å². The number of benzene rings is 3. The van der Waals surface area contributed by atoms with Crippen molar-refractivity contribution in [1.29, 1.82) is 5.26 Å². The molecule has 1 aromatic heterocycles. The lowest BCUT2D eigenvalue weighted by Crippen LogP contribution is -2.12. The van der Waals surface area contributed by atoms with E-state index in [9.17, 15) is 10.1 Å². The Morgan fingerprint density at radius 1 is 0.962 bits per heavy atom. The highest BCUT2D eigenvalue weighted by Crippen LogP contribution is 2.33. The number of nitrogens with zero attached hydrogens (tertiary/aromatic N) is 1. The van der Waals surface area contributed by atoms with Crippen LogP contribution in [0, 0.1) is 11.3 Å². The van der Waals surface area contributed by atoms with Crippen molar-refractivity contribution in [2.24, 2.45) is 0 Å². The second kappa shape index (κ2) is 6.16. The van der Waals surface area contributed by atoms with Crippen LogP contribution in [0.3, 0.4) is 0 Å². The van der Waals surface area contributed by atoms with E-state index >= 15 is 0 Å². The zero-order chi connectivity index (χ0) is 18.3. The highest BCUT2D eigenvalue weighted by molar-refractivity contribution is 6.00. The molecule has 1 N–H and O–H groups in total. The number of rotatable bonds is 2. The van der Waals surface area contributed by atoms with Crippen LogP contribution in [0.2, 0.25) is 0 Å². The summed E-state index contributed by atoms with van der Waals surface area (Å²) in [5.74, 6) is 0.362. The maximum atomic E-state index is 12.5. The average molecular weight is 338 g/mol. The first kappa shape index (κ1) is 16.1. The minimum absolute atomic E-state index is 0.161. The summed E-state index contributed by atoms with van der Waals surface area (Å²) < 4.78 is 0. The fourth-order valence-corrected chi connectivity index (χ4v) is 3.42. The molecule has 0 aliphatic heterocycles. The molecule has 0 fully saturated rings. The first-order valence-electron chi connectivity index (χ1n) is 8.67. The van der Waals surface area contributed by atoms with E-state index in [1.165, 1.54) is 5.56 Å². The zero-order valence-electron chi connectivity index (χ0n) is 14.7. The Bertz CT molecular complexity index is 1240. The smallest absolute Gasteiger partial charge is 0.266 e. The molecule has 3 nitrogen and oxygen atoms in total. The molecule has 0 spiro atoms. The summed E-state index contributed by atoms with van der Waals surface area (Å²) in [6.45, 7) is 4.27. The van der Waals surface area contributed by atoms with Crippen molar-refractivity contribution in [3.8, 4) is 17.2 Å². The van der Waals surface area contributed by atoms with Crippen LogP contribution in [0.25, 0.3) is 32.8 Å². The number of pyridine rings is 1. The lowest BCUT2D eigenvalue weighted by Gasteiger charge is -2.13. The molecule has 0 atom stereocenters. The molecule has 0 aliphatic rings. The molecule has 126 valence electrons. The molecular weight excluding hydrogens is 320 g/mol. The maximum absolute atomic E-state index is 12.5. The second-order valence-corrected chi connectivity index (χ2v) is 6.84. The number of nitriles is 1. The highest BCUT2D eigenvalue weighted by atomic mass is 16.1. The summed E-state index contributed by atoms with van der Waals surface area (Å²) in [6.07, 6.45) is 0. The standard InChI is InChI=1S/C23H18N2O/c1-14(2)16-9-10-21-19(12-16)22(20(13-24)23(26)25-21)18-8-7-15-5-3-4-6-17(15)11-18/h3-12,14H,1-2H3,(H,25,26). The van der Waals surface area contributed by atoms with Crippen molar-refractivity contribution in [1.82, 2.24) is 4.98 Å². The van der Waals surface area contributed by atoms with Crippen LogP contribution in [0.15, 0.2) is 65.5 Å². The molecule has 0 unspecified atom stereocenters. The van der Waals surface area contributed by atoms with Crippen LogP contribution >= 0.6 is 0 Å². The van der Waals surface area contributed by atoms with Gasteiger partial charge in [0.1, 0.15) is 11.6 Å². The van der Waals surface area contributed by atoms with Crippen LogP contribution in [-0.2, 0) is 0 Å². The molecule has 0 saturated heterocycles. The molecular formula is C23H18N2O. The topological polar surface area (TPSA) is 56.6 Å². The summed E-state index contributed by atoms with van der Waals surface area (Å²) in [5, 5.41) is 12.8. The van der Waals surface area contributed by atoms with Gasteiger partial charge in [0.2, 0.25) is 0 Å². The maximum Gasteiger partial charge on any atom is 0.266 e. The normalized spacial score (nSPS) is 11.2. The first-order chi connectivity index (χ1) is 12.6. The Kier molecular flexibility index (Phi) is 3.82. The van der Waals surface area contributed by atoms with Gasteiger partial charge in [-0.25, -0.2) is 0 Å². The van der Waals surface area contributed by atoms with Gasteiger partial charge >= 0.3 is 0 Å². The molecule has 3 heteroatoms. The minimum Gasteiger partial charge on any atom is -0.321 e. The number of aromatic amines is 1. The van der Waals surface area contributed by atoms with Crippen molar-refractivity contribution in [3.63, 3.8) is 0 Å². The number of nitrogens with one attached hydrogen (secondary N) is 1. The van der Waals surface area contributed by atoms with E-state index in [1.807, 2.05) is 48.5 Å². The van der Waals surface area contributed by atoms with Gasteiger partial charge in [0, 0.05) is 16.5 Å². The molecule has 0 bridgehead atoms. The van der Waals surface area contributed by atoms with Crippen LogP contribution in [0.1, 0.15) is 30.9 Å². The van der Waals surface area contributed by atoms with E-state index in [1.54, 1.807) is 0 Å². The van der Waals surface area contributed by atoms with Gasteiger partial charge in [0.05, 0.1) is 0 Å². The van der Waals surface area contributed by atoms with Gasteiger partial charge in [-0.2, -0.15) is 5.26 Å². The third-order valence-corrected chi connectivity index (χ3v) is 4.85. The third-order valence-electron chi connectivity index (χ3n) is 4.85. The van der Waals surface area contributed by atoms with Gasteiger partial charge < -0.3 is 4.98 Å². The predicted molar refractivity (Wildman–Crippen MR) is 106 cm³/mol. The number of aromatic nitrogens is 1. The van der Waals surface area contributed by atoms with E-state index in [0.717, 1.165) is 27.2 Å². The van der Waals surface area contributed by atoms with Gasteiger partial charge in [-0.1, -0.05) is 56.3 Å². The van der Waals surface area contributed by atoms with Gasteiger partial charge in [-0.3, -0.25) is 4.79 Å². The van der Waals surface area contributed by atoms with Crippen molar-refractivity contribution < 1.29 is 0 Å². The Labute approximate surface area is 151 Å².